The molecule has 0 aliphatic rings. The Hall–Kier alpha value is -1.99. The molecule has 22 heavy (non-hydrogen) atoms. The minimum absolute atomic E-state index is 0.0605. The van der Waals surface area contributed by atoms with Crippen LogP contribution in [0.1, 0.15) is 5.56 Å². The smallest absolute Gasteiger partial charge is 0.262 e. The minimum Gasteiger partial charge on any atom is -0.484 e. The van der Waals surface area contributed by atoms with Gasteiger partial charge < -0.3 is 10.1 Å². The van der Waals surface area contributed by atoms with Crippen LogP contribution in [0.15, 0.2) is 40.9 Å². The predicted molar refractivity (Wildman–Crippen MR) is 90.4 cm³/mol. The van der Waals surface area contributed by atoms with Crippen LogP contribution in [0.3, 0.4) is 0 Å². The average molecular weight is 378 g/mol. The van der Waals surface area contributed by atoms with E-state index in [-0.39, 0.29) is 12.5 Å². The van der Waals surface area contributed by atoms with Gasteiger partial charge in [0.1, 0.15) is 16.8 Å². The Morgan fingerprint density at radius 3 is 2.77 bits per heavy atom. The topological polar surface area (TPSA) is 64.1 Å². The van der Waals surface area contributed by atoms with Crippen LogP contribution in [0.5, 0.6) is 5.75 Å². The summed E-state index contributed by atoms with van der Waals surface area (Å²) in [5.41, 5.74) is 3.12. The first kappa shape index (κ1) is 14.9. The molecule has 0 unspecified atom stereocenters. The van der Waals surface area contributed by atoms with Gasteiger partial charge in [0.05, 0.1) is 17.4 Å². The Balaban J connectivity index is 1.69. The Bertz CT molecular complexity index is 817. The van der Waals surface area contributed by atoms with E-state index < -0.39 is 0 Å². The second-order valence-electron chi connectivity index (χ2n) is 4.68. The summed E-state index contributed by atoms with van der Waals surface area (Å²) in [4.78, 5) is 12.1. The molecular formula is C15H12BrN3O2S. The fourth-order valence-electron chi connectivity index (χ4n) is 1.97. The lowest BCUT2D eigenvalue weighted by Gasteiger charge is -2.10. The molecule has 0 aliphatic carbocycles. The lowest BCUT2D eigenvalue weighted by molar-refractivity contribution is -0.118. The quantitative estimate of drug-likeness (QED) is 0.751. The standard InChI is InChI=1S/C15H12BrN3O2S/c1-9-2-7-12-15(19-22-18-12)14(9)17-13(20)8-21-11-5-3-10(16)4-6-11/h2-7H,8H2,1H3,(H,17,20). The zero-order valence-corrected chi connectivity index (χ0v) is 14.1. The van der Waals surface area contributed by atoms with Crippen molar-refractivity contribution in [2.75, 3.05) is 11.9 Å². The van der Waals surface area contributed by atoms with Gasteiger partial charge >= 0.3 is 0 Å². The van der Waals surface area contributed by atoms with Crippen LogP contribution in [0.25, 0.3) is 11.0 Å². The molecule has 0 saturated carbocycles. The number of carbonyl (C=O) groups excluding carboxylic acids is 1. The molecular weight excluding hydrogens is 366 g/mol. The molecule has 1 aromatic heterocycles. The van der Waals surface area contributed by atoms with Crippen LogP contribution in [0.4, 0.5) is 5.69 Å². The Labute approximate surface area is 139 Å². The minimum atomic E-state index is -0.230. The fraction of sp³-hybridized carbons (Fsp3) is 0.133. The lowest BCUT2D eigenvalue weighted by atomic mass is 10.1. The van der Waals surface area contributed by atoms with E-state index in [1.165, 1.54) is 0 Å². The number of fused-ring (bicyclic) bond motifs is 1. The van der Waals surface area contributed by atoms with Crippen LogP contribution >= 0.6 is 27.7 Å². The number of amides is 1. The van der Waals surface area contributed by atoms with Crippen LogP contribution in [0.2, 0.25) is 0 Å². The molecule has 7 heteroatoms. The van der Waals surface area contributed by atoms with E-state index in [0.29, 0.717) is 17.0 Å². The Morgan fingerprint density at radius 1 is 1.23 bits per heavy atom. The Morgan fingerprint density at radius 2 is 2.00 bits per heavy atom. The van der Waals surface area contributed by atoms with E-state index in [1.807, 2.05) is 31.2 Å². The zero-order valence-electron chi connectivity index (χ0n) is 11.7. The number of nitrogens with one attached hydrogen (secondary N) is 1. The van der Waals surface area contributed by atoms with Gasteiger partial charge in [-0.3, -0.25) is 4.79 Å². The van der Waals surface area contributed by atoms with Gasteiger partial charge in [-0.25, -0.2) is 0 Å². The highest BCUT2D eigenvalue weighted by atomic mass is 79.9. The van der Waals surface area contributed by atoms with Gasteiger partial charge in [0.25, 0.3) is 5.91 Å². The first-order valence-corrected chi connectivity index (χ1v) is 8.06. The molecule has 0 saturated heterocycles. The van der Waals surface area contributed by atoms with Crippen molar-refractivity contribution in [3.63, 3.8) is 0 Å². The van der Waals surface area contributed by atoms with Gasteiger partial charge in [-0.05, 0) is 42.8 Å². The molecule has 0 spiro atoms. The largest absolute Gasteiger partial charge is 0.484 e. The lowest BCUT2D eigenvalue weighted by Crippen LogP contribution is -2.20. The summed E-state index contributed by atoms with van der Waals surface area (Å²) in [6.07, 6.45) is 0. The van der Waals surface area contributed by atoms with Crippen molar-refractivity contribution in [3.05, 3.63) is 46.4 Å². The number of benzene rings is 2. The molecule has 1 N–H and O–H groups in total. The highest BCUT2D eigenvalue weighted by Gasteiger charge is 2.12. The van der Waals surface area contributed by atoms with Crippen LogP contribution in [-0.2, 0) is 4.79 Å². The summed E-state index contributed by atoms with van der Waals surface area (Å²) in [5.74, 6) is 0.412. The molecule has 0 radical (unpaired) electrons. The molecule has 0 bridgehead atoms. The number of hydrogen-bond donors (Lipinski definition) is 1. The first-order chi connectivity index (χ1) is 10.6. The van der Waals surface area contributed by atoms with Crippen molar-refractivity contribution in [1.82, 2.24) is 8.75 Å². The summed E-state index contributed by atoms with van der Waals surface area (Å²) in [6.45, 7) is 1.86. The molecule has 0 atom stereocenters. The van der Waals surface area contributed by atoms with E-state index in [9.17, 15) is 4.79 Å². The maximum absolute atomic E-state index is 12.1. The van der Waals surface area contributed by atoms with E-state index in [4.69, 9.17) is 4.74 Å². The van der Waals surface area contributed by atoms with Crippen LogP contribution in [0, 0.1) is 6.92 Å². The highest BCUT2D eigenvalue weighted by Crippen LogP contribution is 2.25. The molecule has 2 aromatic carbocycles. The van der Waals surface area contributed by atoms with Gasteiger partial charge in [0.15, 0.2) is 6.61 Å². The van der Waals surface area contributed by atoms with Crippen molar-refractivity contribution in [3.8, 4) is 5.75 Å². The fourth-order valence-corrected chi connectivity index (χ4v) is 2.77. The number of nitrogens with zero attached hydrogens (tertiary/aromatic N) is 2. The predicted octanol–water partition coefficient (Wildman–Crippen LogP) is 3.78. The van der Waals surface area contributed by atoms with Crippen molar-refractivity contribution in [2.45, 2.75) is 6.92 Å². The van der Waals surface area contributed by atoms with Gasteiger partial charge in [-0.2, -0.15) is 8.75 Å². The molecule has 1 amide bonds. The summed E-state index contributed by atoms with van der Waals surface area (Å²) >= 11 is 4.48. The molecule has 1 heterocycles. The van der Waals surface area contributed by atoms with E-state index in [0.717, 1.165) is 27.3 Å². The zero-order chi connectivity index (χ0) is 15.5. The number of aromatic nitrogens is 2. The Kier molecular flexibility index (Phi) is 4.35. The number of hydrogen-bond acceptors (Lipinski definition) is 5. The second-order valence-corrected chi connectivity index (χ2v) is 6.12. The SMILES string of the molecule is Cc1ccc2nsnc2c1NC(=O)COc1ccc(Br)cc1. The van der Waals surface area contributed by atoms with Gasteiger partial charge in [-0.1, -0.05) is 22.0 Å². The molecule has 5 nitrogen and oxygen atoms in total. The number of carbonyl (C=O) groups is 1. The molecule has 3 aromatic rings. The van der Waals surface area contributed by atoms with Gasteiger partial charge in [-0.15, -0.1) is 0 Å². The number of ether oxygens (including phenoxy) is 1. The third kappa shape index (κ3) is 3.26. The number of halogens is 1. The molecule has 112 valence electrons. The van der Waals surface area contributed by atoms with Gasteiger partial charge in [0, 0.05) is 4.47 Å². The second kappa shape index (κ2) is 6.41. The monoisotopic (exact) mass is 377 g/mol. The number of aryl methyl sites for hydroxylation is 1. The normalized spacial score (nSPS) is 10.6. The molecule has 0 fully saturated rings. The maximum Gasteiger partial charge on any atom is 0.262 e. The van der Waals surface area contributed by atoms with Crippen molar-refractivity contribution >= 4 is 50.3 Å². The highest BCUT2D eigenvalue weighted by molar-refractivity contribution is 9.10. The summed E-state index contributed by atoms with van der Waals surface area (Å²) in [7, 11) is 0. The van der Waals surface area contributed by atoms with E-state index in [1.54, 1.807) is 12.1 Å². The van der Waals surface area contributed by atoms with Gasteiger partial charge in [0.2, 0.25) is 0 Å². The van der Waals surface area contributed by atoms with E-state index in [2.05, 4.69) is 30.0 Å². The summed E-state index contributed by atoms with van der Waals surface area (Å²) in [6, 6.07) is 11.1. The summed E-state index contributed by atoms with van der Waals surface area (Å²) < 4.78 is 14.8. The van der Waals surface area contributed by atoms with Crippen molar-refractivity contribution in [2.24, 2.45) is 0 Å². The maximum atomic E-state index is 12.1. The summed E-state index contributed by atoms with van der Waals surface area (Å²) in [5, 5.41) is 2.85. The third-order valence-electron chi connectivity index (χ3n) is 3.08. The van der Waals surface area contributed by atoms with Crippen LogP contribution < -0.4 is 10.1 Å². The molecule has 3 rings (SSSR count). The van der Waals surface area contributed by atoms with E-state index >= 15 is 0 Å². The van der Waals surface area contributed by atoms with Crippen molar-refractivity contribution in [1.29, 1.82) is 0 Å². The number of anilines is 1. The van der Waals surface area contributed by atoms with Crippen molar-refractivity contribution < 1.29 is 9.53 Å². The van der Waals surface area contributed by atoms with Crippen LogP contribution in [-0.4, -0.2) is 21.3 Å². The number of rotatable bonds is 4. The first-order valence-electron chi connectivity index (χ1n) is 6.53. The molecule has 0 aliphatic heterocycles. The average Bonchev–Trinajstić information content (AvgIpc) is 2.98. The third-order valence-corrected chi connectivity index (χ3v) is 4.16.